The van der Waals surface area contributed by atoms with E-state index in [-0.39, 0.29) is 11.7 Å². The van der Waals surface area contributed by atoms with Gasteiger partial charge in [-0.25, -0.2) is 0 Å². The Morgan fingerprint density at radius 1 is 1.06 bits per heavy atom. The van der Waals surface area contributed by atoms with Crippen LogP contribution in [0.2, 0.25) is 0 Å². The van der Waals surface area contributed by atoms with Crippen LogP contribution in [0.4, 0.5) is 5.69 Å². The van der Waals surface area contributed by atoms with Crippen LogP contribution < -0.4 is 10.1 Å². The smallest absolute Gasteiger partial charge is 0.234 e. The number of carbonyl (C=O) groups excluding carboxylic acids is 1. The van der Waals surface area contributed by atoms with Crippen LogP contribution in [0.15, 0.2) is 41.6 Å². The average Bonchev–Trinajstić information content (AvgIpc) is 3.19. The largest absolute Gasteiger partial charge is 0.485 e. The maximum atomic E-state index is 12.7. The number of nitrogens with zero attached hydrogens (tertiary/aromatic N) is 3. The van der Waals surface area contributed by atoms with Gasteiger partial charge in [0.05, 0.1) is 5.75 Å². The molecule has 0 aliphatic heterocycles. The molecule has 170 valence electrons. The number of hydrogen-bond donors (Lipinski definition) is 1. The fourth-order valence-corrected chi connectivity index (χ4v) is 4.48. The lowest BCUT2D eigenvalue weighted by atomic mass is 10.0. The summed E-state index contributed by atoms with van der Waals surface area (Å²) in [7, 11) is 0. The summed E-state index contributed by atoms with van der Waals surface area (Å²) >= 11 is 1.40. The Kier molecular flexibility index (Phi) is 8.33. The van der Waals surface area contributed by atoms with Crippen molar-refractivity contribution in [1.29, 1.82) is 0 Å². The Labute approximate surface area is 194 Å². The van der Waals surface area contributed by atoms with E-state index < -0.39 is 0 Å². The maximum absolute atomic E-state index is 12.7. The third-order valence-corrected chi connectivity index (χ3v) is 6.36. The molecule has 0 unspecified atom stereocenters. The van der Waals surface area contributed by atoms with Gasteiger partial charge in [0, 0.05) is 12.2 Å². The van der Waals surface area contributed by atoms with E-state index in [0.717, 1.165) is 51.9 Å². The van der Waals surface area contributed by atoms with E-state index in [4.69, 9.17) is 4.74 Å². The standard InChI is InChI=1S/C25H32N4O2S/c1-6-19-10-9-11-20(7-2)24(19)26-23(30)16-32-25-28-27-22(29(25)8-3)15-31-21-13-12-17(4)14-18(21)5/h9-14H,6-8,15-16H2,1-5H3,(H,26,30). The summed E-state index contributed by atoms with van der Waals surface area (Å²) in [6.07, 6.45) is 1.76. The SMILES string of the molecule is CCc1cccc(CC)c1NC(=O)CSc1nnc(COc2ccc(C)cc2C)n1CC. The van der Waals surface area contributed by atoms with Crippen molar-refractivity contribution in [3.05, 3.63) is 64.5 Å². The second-order valence-electron chi connectivity index (χ2n) is 7.70. The van der Waals surface area contributed by atoms with Gasteiger partial charge < -0.3 is 14.6 Å². The first-order valence-corrected chi connectivity index (χ1v) is 12.1. The van der Waals surface area contributed by atoms with E-state index in [9.17, 15) is 4.79 Å². The van der Waals surface area contributed by atoms with E-state index >= 15 is 0 Å². The minimum absolute atomic E-state index is 0.0377. The highest BCUT2D eigenvalue weighted by molar-refractivity contribution is 7.99. The molecule has 1 heterocycles. The van der Waals surface area contributed by atoms with Gasteiger partial charge in [-0.3, -0.25) is 4.79 Å². The molecule has 0 radical (unpaired) electrons. The molecule has 3 aromatic rings. The van der Waals surface area contributed by atoms with Gasteiger partial charge in [-0.05, 0) is 56.4 Å². The van der Waals surface area contributed by atoms with E-state index in [1.54, 1.807) is 0 Å². The van der Waals surface area contributed by atoms with Gasteiger partial charge in [0.25, 0.3) is 0 Å². The minimum atomic E-state index is -0.0377. The van der Waals surface area contributed by atoms with Crippen molar-refractivity contribution in [1.82, 2.24) is 14.8 Å². The third kappa shape index (κ3) is 5.71. The van der Waals surface area contributed by atoms with E-state index in [1.165, 1.54) is 17.3 Å². The number of nitrogens with one attached hydrogen (secondary N) is 1. The van der Waals surface area contributed by atoms with Crippen LogP contribution in [0.1, 0.15) is 48.8 Å². The summed E-state index contributed by atoms with van der Waals surface area (Å²) in [6, 6.07) is 12.3. The van der Waals surface area contributed by atoms with Crippen LogP contribution in [0, 0.1) is 13.8 Å². The zero-order chi connectivity index (χ0) is 23.1. The Bertz CT molecular complexity index is 1060. The van der Waals surface area contributed by atoms with Gasteiger partial charge >= 0.3 is 0 Å². The number of ether oxygens (including phenoxy) is 1. The van der Waals surface area contributed by atoms with E-state index in [0.29, 0.717) is 13.2 Å². The molecular weight excluding hydrogens is 420 g/mol. The Morgan fingerprint density at radius 3 is 2.41 bits per heavy atom. The lowest BCUT2D eigenvalue weighted by Gasteiger charge is -2.14. The predicted octanol–water partition coefficient (Wildman–Crippen LogP) is 5.35. The van der Waals surface area contributed by atoms with Crippen molar-refractivity contribution in [2.75, 3.05) is 11.1 Å². The monoisotopic (exact) mass is 452 g/mol. The quantitative estimate of drug-likeness (QED) is 0.420. The lowest BCUT2D eigenvalue weighted by molar-refractivity contribution is -0.113. The normalized spacial score (nSPS) is 10.9. The third-order valence-electron chi connectivity index (χ3n) is 5.39. The summed E-state index contributed by atoms with van der Waals surface area (Å²) in [4.78, 5) is 12.7. The summed E-state index contributed by atoms with van der Waals surface area (Å²) < 4.78 is 7.98. The van der Waals surface area contributed by atoms with E-state index in [1.807, 2.05) is 36.6 Å². The van der Waals surface area contributed by atoms with Crippen LogP contribution in [0.3, 0.4) is 0 Å². The van der Waals surface area contributed by atoms with Crippen LogP contribution in [-0.4, -0.2) is 26.4 Å². The zero-order valence-electron chi connectivity index (χ0n) is 19.6. The number of rotatable bonds is 10. The second kappa shape index (κ2) is 11.2. The van der Waals surface area contributed by atoms with Crippen LogP contribution in [0.5, 0.6) is 5.75 Å². The molecule has 2 aromatic carbocycles. The molecule has 32 heavy (non-hydrogen) atoms. The highest BCUT2D eigenvalue weighted by Gasteiger charge is 2.15. The van der Waals surface area contributed by atoms with Crippen molar-refractivity contribution in [3.63, 3.8) is 0 Å². The number of amides is 1. The minimum Gasteiger partial charge on any atom is -0.485 e. The van der Waals surface area contributed by atoms with Crippen molar-refractivity contribution >= 4 is 23.4 Å². The number of carbonyl (C=O) groups is 1. The molecule has 0 spiro atoms. The lowest BCUT2D eigenvalue weighted by Crippen LogP contribution is -2.17. The van der Waals surface area contributed by atoms with Crippen LogP contribution in [0.25, 0.3) is 0 Å². The number of benzene rings is 2. The second-order valence-corrected chi connectivity index (χ2v) is 8.64. The molecule has 0 aliphatic carbocycles. The highest BCUT2D eigenvalue weighted by Crippen LogP contribution is 2.24. The predicted molar refractivity (Wildman–Crippen MR) is 130 cm³/mol. The van der Waals surface area contributed by atoms with Crippen molar-refractivity contribution < 1.29 is 9.53 Å². The molecule has 0 saturated carbocycles. The number of aromatic nitrogens is 3. The van der Waals surface area contributed by atoms with Crippen molar-refractivity contribution in [3.8, 4) is 5.75 Å². The van der Waals surface area contributed by atoms with Gasteiger partial charge in [0.1, 0.15) is 12.4 Å². The number of thioether (sulfide) groups is 1. The molecule has 1 amide bonds. The molecule has 3 rings (SSSR count). The topological polar surface area (TPSA) is 69.0 Å². The molecule has 7 heteroatoms. The summed E-state index contributed by atoms with van der Waals surface area (Å²) in [5, 5.41) is 12.4. The average molecular weight is 453 g/mol. The summed E-state index contributed by atoms with van der Waals surface area (Å²) in [6.45, 7) is 11.4. The molecule has 1 aromatic heterocycles. The molecule has 0 fully saturated rings. The van der Waals surface area contributed by atoms with Gasteiger partial charge in [0.15, 0.2) is 11.0 Å². The number of aryl methyl sites for hydroxylation is 4. The first-order chi connectivity index (χ1) is 15.5. The summed E-state index contributed by atoms with van der Waals surface area (Å²) in [5.74, 6) is 1.83. The number of anilines is 1. The van der Waals surface area contributed by atoms with Gasteiger partial charge in [-0.1, -0.05) is 61.5 Å². The Morgan fingerprint density at radius 2 is 1.78 bits per heavy atom. The molecule has 0 atom stereocenters. The number of hydrogen-bond acceptors (Lipinski definition) is 5. The van der Waals surface area contributed by atoms with Gasteiger partial charge in [-0.2, -0.15) is 0 Å². The Balaban J connectivity index is 1.63. The fourth-order valence-electron chi connectivity index (χ4n) is 3.66. The molecule has 0 saturated heterocycles. The zero-order valence-corrected chi connectivity index (χ0v) is 20.4. The molecule has 0 bridgehead atoms. The highest BCUT2D eigenvalue weighted by atomic mass is 32.2. The van der Waals surface area contributed by atoms with Crippen molar-refractivity contribution in [2.45, 2.75) is 65.8 Å². The van der Waals surface area contributed by atoms with E-state index in [2.05, 4.69) is 54.5 Å². The first kappa shape index (κ1) is 23.9. The number of para-hydroxylation sites is 1. The van der Waals surface area contributed by atoms with Crippen molar-refractivity contribution in [2.24, 2.45) is 0 Å². The molecule has 6 nitrogen and oxygen atoms in total. The fraction of sp³-hybridized carbons (Fsp3) is 0.400. The van der Waals surface area contributed by atoms with Gasteiger partial charge in [-0.15, -0.1) is 10.2 Å². The van der Waals surface area contributed by atoms with Crippen LogP contribution >= 0.6 is 11.8 Å². The molecule has 0 aliphatic rings. The van der Waals surface area contributed by atoms with Gasteiger partial charge in [0.2, 0.25) is 5.91 Å². The maximum Gasteiger partial charge on any atom is 0.234 e. The Hall–Kier alpha value is -2.80. The first-order valence-electron chi connectivity index (χ1n) is 11.1. The molecule has 1 N–H and O–H groups in total. The molecular formula is C25H32N4O2S. The summed E-state index contributed by atoms with van der Waals surface area (Å²) in [5.41, 5.74) is 5.56. The van der Waals surface area contributed by atoms with Crippen LogP contribution in [-0.2, 0) is 30.8 Å².